The highest BCUT2D eigenvalue weighted by Gasteiger charge is 1.86. The fourth-order valence-corrected chi connectivity index (χ4v) is 0.995. The number of halogens is 1. The fourth-order valence-electron chi connectivity index (χ4n) is 0.995. The number of rotatable bonds is 0. The van der Waals surface area contributed by atoms with Crippen molar-refractivity contribution in [3.63, 3.8) is 0 Å². The Hall–Kier alpha value is -1.31. The van der Waals surface area contributed by atoms with Crippen LogP contribution in [-0.4, -0.2) is 4.98 Å². The number of H-pyrrole nitrogens is 1. The molecule has 10 heavy (non-hydrogen) atoms. The molecule has 0 spiro atoms. The zero-order chi connectivity index (χ0) is 6.10. The van der Waals surface area contributed by atoms with Crippen molar-refractivity contribution in [2.24, 2.45) is 0 Å². The van der Waals surface area contributed by atoms with Crippen LogP contribution in [-0.2, 0) is 0 Å². The van der Waals surface area contributed by atoms with Crippen molar-refractivity contribution >= 4 is 10.9 Å². The second-order valence-electron chi connectivity index (χ2n) is 2.06. The van der Waals surface area contributed by atoms with E-state index in [-0.39, 0.29) is 4.70 Å². The Morgan fingerprint density at radius 2 is 1.80 bits per heavy atom. The Balaban J connectivity index is 0.000000500. The normalized spacial score (nSPS) is 9.20. The predicted molar refractivity (Wildman–Crippen MR) is 40.8 cm³/mol. The molecule has 0 aliphatic rings. The summed E-state index contributed by atoms with van der Waals surface area (Å²) in [4.78, 5) is 3.12. The van der Waals surface area contributed by atoms with Gasteiger partial charge in [-0.05, 0) is 17.5 Å². The Labute approximate surface area is 58.1 Å². The van der Waals surface area contributed by atoms with Gasteiger partial charge in [-0.1, -0.05) is 18.2 Å². The summed E-state index contributed by atoms with van der Waals surface area (Å²) in [6, 6.07) is 10.3. The molecule has 0 fully saturated rings. The highest BCUT2D eigenvalue weighted by atomic mass is 19.0. The smallest absolute Gasteiger partial charge is 0.0453 e. The average molecular weight is 137 g/mol. The van der Waals surface area contributed by atoms with Crippen molar-refractivity contribution in [3.05, 3.63) is 36.5 Å². The van der Waals surface area contributed by atoms with Crippen molar-refractivity contribution in [3.8, 4) is 0 Å². The number of hydrogen-bond donors (Lipinski definition) is 1. The van der Waals surface area contributed by atoms with Gasteiger partial charge in [-0.15, -0.1) is 0 Å². The molecule has 0 saturated heterocycles. The molecule has 2 heteroatoms. The van der Waals surface area contributed by atoms with E-state index in [9.17, 15) is 0 Å². The molecule has 1 heterocycles. The molecule has 1 nitrogen and oxygen atoms in total. The van der Waals surface area contributed by atoms with E-state index in [1.165, 1.54) is 10.9 Å². The van der Waals surface area contributed by atoms with Gasteiger partial charge in [0.15, 0.2) is 0 Å². The second-order valence-corrected chi connectivity index (χ2v) is 2.06. The van der Waals surface area contributed by atoms with E-state index in [0.29, 0.717) is 0 Å². The second kappa shape index (κ2) is 2.52. The molecule has 0 atom stereocenters. The number of aromatic amines is 1. The molecule has 52 valence electrons. The van der Waals surface area contributed by atoms with Crippen LogP contribution in [0.2, 0.25) is 0 Å². The van der Waals surface area contributed by atoms with Crippen molar-refractivity contribution < 1.29 is 4.70 Å². The molecule has 0 aliphatic carbocycles. The summed E-state index contributed by atoms with van der Waals surface area (Å²) in [5, 5.41) is 1.28. The van der Waals surface area contributed by atoms with E-state index in [4.69, 9.17) is 0 Å². The number of fused-ring (bicyclic) bond motifs is 1. The van der Waals surface area contributed by atoms with Crippen LogP contribution in [0.1, 0.15) is 0 Å². The van der Waals surface area contributed by atoms with Crippen LogP contribution in [0.4, 0.5) is 4.70 Å². The fraction of sp³-hybridized carbons (Fsp3) is 0. The first-order valence-electron chi connectivity index (χ1n) is 2.99. The molecule has 0 aliphatic heterocycles. The third kappa shape index (κ3) is 0.880. The van der Waals surface area contributed by atoms with Crippen LogP contribution in [0.5, 0.6) is 0 Å². The molecule has 0 unspecified atom stereocenters. The lowest BCUT2D eigenvalue weighted by Crippen LogP contribution is -1.61. The standard InChI is InChI=1S/C8H7N.FH/c1-2-4-8-7(3-1)5-6-9-8;/h1-6,9H;1H. The molecule has 0 amide bonds. The molecule has 2 rings (SSSR count). The van der Waals surface area contributed by atoms with Crippen LogP contribution >= 0.6 is 0 Å². The largest absolute Gasteiger partial charge is 0.361 e. The van der Waals surface area contributed by atoms with Gasteiger partial charge in [0.1, 0.15) is 0 Å². The monoisotopic (exact) mass is 137 g/mol. The van der Waals surface area contributed by atoms with Crippen LogP contribution in [0, 0.1) is 0 Å². The first-order chi connectivity index (χ1) is 4.47. The number of aromatic nitrogens is 1. The van der Waals surface area contributed by atoms with Gasteiger partial charge in [0.25, 0.3) is 0 Å². The Kier molecular flexibility index (Phi) is 1.71. The van der Waals surface area contributed by atoms with E-state index >= 15 is 0 Å². The van der Waals surface area contributed by atoms with Gasteiger partial charge >= 0.3 is 0 Å². The summed E-state index contributed by atoms with van der Waals surface area (Å²) in [6.45, 7) is 0. The molecule has 0 radical (unpaired) electrons. The molecule has 1 N–H and O–H groups in total. The van der Waals surface area contributed by atoms with Crippen LogP contribution in [0.3, 0.4) is 0 Å². The summed E-state index contributed by atoms with van der Waals surface area (Å²) in [6.07, 6.45) is 1.95. The Morgan fingerprint density at radius 1 is 1.00 bits per heavy atom. The maximum absolute atomic E-state index is 3.12. The topological polar surface area (TPSA) is 15.8 Å². The zero-order valence-electron chi connectivity index (χ0n) is 5.37. The maximum Gasteiger partial charge on any atom is 0.0453 e. The maximum atomic E-state index is 3.12. The van der Waals surface area contributed by atoms with Crippen molar-refractivity contribution in [1.29, 1.82) is 0 Å². The molecule has 0 bridgehead atoms. The minimum atomic E-state index is 0. The van der Waals surface area contributed by atoms with Gasteiger partial charge in [0, 0.05) is 11.7 Å². The lowest BCUT2D eigenvalue weighted by atomic mass is 10.3. The van der Waals surface area contributed by atoms with Gasteiger partial charge in [-0.3, -0.25) is 4.70 Å². The minimum Gasteiger partial charge on any atom is -0.361 e. The van der Waals surface area contributed by atoms with Crippen molar-refractivity contribution in [1.82, 2.24) is 4.98 Å². The molecule has 1 aromatic carbocycles. The number of hydrogen-bond acceptors (Lipinski definition) is 0. The molecule has 2 aromatic rings. The molecular formula is C8H8FN. The quantitative estimate of drug-likeness (QED) is 0.573. The van der Waals surface area contributed by atoms with E-state index in [0.717, 1.165) is 0 Å². The molecular weight excluding hydrogens is 129 g/mol. The first-order valence-corrected chi connectivity index (χ1v) is 2.99. The van der Waals surface area contributed by atoms with Crippen LogP contribution < -0.4 is 0 Å². The lowest BCUT2D eigenvalue weighted by Gasteiger charge is -1.83. The summed E-state index contributed by atoms with van der Waals surface area (Å²) in [5.41, 5.74) is 1.21. The Bertz CT molecular complexity index is 283. The first kappa shape index (κ1) is 6.81. The van der Waals surface area contributed by atoms with Crippen LogP contribution in [0.15, 0.2) is 36.5 Å². The van der Waals surface area contributed by atoms with Crippen molar-refractivity contribution in [2.75, 3.05) is 0 Å². The van der Waals surface area contributed by atoms with E-state index < -0.39 is 0 Å². The third-order valence-corrected chi connectivity index (χ3v) is 1.46. The highest BCUT2D eigenvalue weighted by Crippen LogP contribution is 2.09. The SMILES string of the molecule is F.c1ccc2[nH]ccc2c1. The highest BCUT2D eigenvalue weighted by molar-refractivity contribution is 5.78. The van der Waals surface area contributed by atoms with E-state index in [1.54, 1.807) is 0 Å². The van der Waals surface area contributed by atoms with Gasteiger partial charge in [-0.2, -0.15) is 0 Å². The summed E-state index contributed by atoms with van der Waals surface area (Å²) >= 11 is 0. The van der Waals surface area contributed by atoms with Gasteiger partial charge in [0.05, 0.1) is 0 Å². The number of benzene rings is 1. The average Bonchev–Trinajstić information content (AvgIpc) is 2.33. The van der Waals surface area contributed by atoms with E-state index in [2.05, 4.69) is 23.2 Å². The lowest BCUT2D eigenvalue weighted by molar-refractivity contribution is 1.11. The summed E-state index contributed by atoms with van der Waals surface area (Å²) in [7, 11) is 0. The minimum absolute atomic E-state index is 0. The number of para-hydroxylation sites is 1. The summed E-state index contributed by atoms with van der Waals surface area (Å²) < 4.78 is 0. The summed E-state index contributed by atoms with van der Waals surface area (Å²) in [5.74, 6) is 0. The molecule has 1 aromatic heterocycles. The number of nitrogens with one attached hydrogen (secondary N) is 1. The van der Waals surface area contributed by atoms with Gasteiger partial charge < -0.3 is 4.98 Å². The molecule has 0 saturated carbocycles. The third-order valence-electron chi connectivity index (χ3n) is 1.46. The Morgan fingerprint density at radius 3 is 2.60 bits per heavy atom. The van der Waals surface area contributed by atoms with Crippen LogP contribution in [0.25, 0.3) is 10.9 Å². The predicted octanol–water partition coefficient (Wildman–Crippen LogP) is 2.32. The van der Waals surface area contributed by atoms with Crippen molar-refractivity contribution in [2.45, 2.75) is 0 Å². The van der Waals surface area contributed by atoms with Gasteiger partial charge in [-0.25, -0.2) is 0 Å². The van der Waals surface area contributed by atoms with E-state index in [1.807, 2.05) is 18.3 Å². The van der Waals surface area contributed by atoms with Gasteiger partial charge in [0.2, 0.25) is 0 Å². The zero-order valence-corrected chi connectivity index (χ0v) is 5.37.